The molecule has 1 saturated carbocycles. The number of nitrogens with two attached hydrogens (primary N) is 1. The van der Waals surface area contributed by atoms with Gasteiger partial charge in [-0.05, 0) is 19.4 Å². The molecule has 2 unspecified atom stereocenters. The minimum atomic E-state index is -0.518. The number of amides is 1. The highest BCUT2D eigenvalue weighted by Crippen LogP contribution is 2.31. The molecule has 3 N–H and O–H groups in total. The molecule has 1 amide bonds. The van der Waals surface area contributed by atoms with E-state index in [4.69, 9.17) is 10.5 Å². The van der Waals surface area contributed by atoms with Gasteiger partial charge >= 0.3 is 0 Å². The molecule has 1 aliphatic rings. The monoisotopic (exact) mass is 186 g/mol. The number of nitrogens with one attached hydrogen (secondary N) is 1. The molecule has 0 aromatic rings. The summed E-state index contributed by atoms with van der Waals surface area (Å²) in [5.41, 5.74) is 4.86. The van der Waals surface area contributed by atoms with Crippen molar-refractivity contribution in [2.75, 3.05) is 13.7 Å². The molecule has 13 heavy (non-hydrogen) atoms. The van der Waals surface area contributed by atoms with Gasteiger partial charge in [0.2, 0.25) is 5.91 Å². The summed E-state index contributed by atoms with van der Waals surface area (Å²) in [4.78, 5) is 11.3. The molecule has 2 atom stereocenters. The zero-order valence-corrected chi connectivity index (χ0v) is 8.30. The Labute approximate surface area is 78.8 Å². The van der Waals surface area contributed by atoms with E-state index in [9.17, 15) is 4.79 Å². The molecule has 1 rings (SSSR count). The van der Waals surface area contributed by atoms with Crippen LogP contribution in [-0.4, -0.2) is 31.2 Å². The Morgan fingerprint density at radius 2 is 2.46 bits per heavy atom. The van der Waals surface area contributed by atoms with Crippen molar-refractivity contribution in [3.8, 4) is 0 Å². The second-order valence-corrected chi connectivity index (χ2v) is 3.58. The quantitative estimate of drug-likeness (QED) is 0.650. The first kappa shape index (κ1) is 10.5. The summed E-state index contributed by atoms with van der Waals surface area (Å²) in [5.74, 6) is -0.256. The topological polar surface area (TPSA) is 64.3 Å². The highest BCUT2D eigenvalue weighted by molar-refractivity contribution is 5.85. The van der Waals surface area contributed by atoms with E-state index in [-0.39, 0.29) is 12.0 Å². The zero-order valence-electron chi connectivity index (χ0n) is 8.30. The number of hydrogen-bond acceptors (Lipinski definition) is 3. The van der Waals surface area contributed by atoms with Crippen LogP contribution in [0.4, 0.5) is 0 Å². The summed E-state index contributed by atoms with van der Waals surface area (Å²) in [6.45, 7) is 2.74. The average Bonchev–Trinajstić information content (AvgIpc) is 2.50. The maximum absolute atomic E-state index is 11.3. The molecule has 1 aliphatic carbocycles. The molecule has 4 heteroatoms. The first-order valence-electron chi connectivity index (χ1n) is 4.72. The van der Waals surface area contributed by atoms with E-state index >= 15 is 0 Å². The largest absolute Gasteiger partial charge is 0.381 e. The summed E-state index contributed by atoms with van der Waals surface area (Å²) in [7, 11) is 1.67. The van der Waals surface area contributed by atoms with Gasteiger partial charge in [0.05, 0.1) is 6.10 Å². The molecule has 0 heterocycles. The third-order valence-electron chi connectivity index (χ3n) is 2.79. The van der Waals surface area contributed by atoms with Crippen molar-refractivity contribution < 1.29 is 9.53 Å². The second kappa shape index (κ2) is 4.07. The van der Waals surface area contributed by atoms with Gasteiger partial charge in [0.25, 0.3) is 0 Å². The first-order chi connectivity index (χ1) is 6.14. The average molecular weight is 186 g/mol. The van der Waals surface area contributed by atoms with Crippen molar-refractivity contribution in [3.63, 3.8) is 0 Å². The maximum atomic E-state index is 11.3. The van der Waals surface area contributed by atoms with Crippen LogP contribution in [0.3, 0.4) is 0 Å². The van der Waals surface area contributed by atoms with Crippen LogP contribution in [0.1, 0.15) is 26.2 Å². The van der Waals surface area contributed by atoms with Gasteiger partial charge in [-0.3, -0.25) is 4.79 Å². The summed E-state index contributed by atoms with van der Waals surface area (Å²) < 4.78 is 5.22. The number of carbonyl (C=O) groups is 1. The Bertz CT molecular complexity index is 196. The predicted octanol–water partition coefficient (Wildman–Crippen LogP) is 0.0189. The molecular formula is C9H18N2O2. The fourth-order valence-electron chi connectivity index (χ4n) is 2.01. The van der Waals surface area contributed by atoms with Crippen molar-refractivity contribution in [1.29, 1.82) is 0 Å². The molecule has 4 nitrogen and oxygen atoms in total. The lowest BCUT2D eigenvalue weighted by Crippen LogP contribution is -2.53. The van der Waals surface area contributed by atoms with Gasteiger partial charge in [-0.15, -0.1) is 0 Å². The van der Waals surface area contributed by atoms with Crippen LogP contribution in [0.2, 0.25) is 0 Å². The fraction of sp³-hybridized carbons (Fsp3) is 0.889. The van der Waals surface area contributed by atoms with E-state index in [0.717, 1.165) is 19.4 Å². The van der Waals surface area contributed by atoms with Crippen LogP contribution in [0.25, 0.3) is 0 Å². The lowest BCUT2D eigenvalue weighted by molar-refractivity contribution is -0.124. The summed E-state index contributed by atoms with van der Waals surface area (Å²) in [6, 6.07) is 0. The number of ether oxygens (including phenoxy) is 1. The van der Waals surface area contributed by atoms with Gasteiger partial charge in [-0.25, -0.2) is 0 Å². The van der Waals surface area contributed by atoms with Gasteiger partial charge in [0, 0.05) is 13.5 Å². The van der Waals surface area contributed by atoms with Crippen molar-refractivity contribution in [3.05, 3.63) is 0 Å². The lowest BCUT2D eigenvalue weighted by atomic mass is 9.96. The van der Waals surface area contributed by atoms with Crippen molar-refractivity contribution in [2.45, 2.75) is 37.8 Å². The van der Waals surface area contributed by atoms with Crippen LogP contribution >= 0.6 is 0 Å². The standard InChI is InChI=1S/C9H18N2O2/c1-3-11-9(8(10)12)5-4-7(6-9)13-2/h7,11H,3-6H2,1-2H3,(H2,10,12). The Balaban J connectivity index is 2.65. The van der Waals surface area contributed by atoms with Crippen molar-refractivity contribution >= 4 is 5.91 Å². The molecule has 0 saturated heterocycles. The highest BCUT2D eigenvalue weighted by atomic mass is 16.5. The smallest absolute Gasteiger partial charge is 0.237 e. The fourth-order valence-corrected chi connectivity index (χ4v) is 2.01. The SMILES string of the molecule is CCNC1(C(N)=O)CCC(OC)C1. The third kappa shape index (κ3) is 2.00. The Morgan fingerprint density at radius 3 is 2.85 bits per heavy atom. The third-order valence-corrected chi connectivity index (χ3v) is 2.79. The minimum Gasteiger partial charge on any atom is -0.381 e. The van der Waals surface area contributed by atoms with Crippen LogP contribution in [0.15, 0.2) is 0 Å². The lowest BCUT2D eigenvalue weighted by Gasteiger charge is -2.26. The summed E-state index contributed by atoms with van der Waals surface area (Å²) in [5, 5.41) is 3.17. The summed E-state index contributed by atoms with van der Waals surface area (Å²) >= 11 is 0. The van der Waals surface area contributed by atoms with Gasteiger partial charge in [0.15, 0.2) is 0 Å². The Kier molecular flexibility index (Phi) is 3.27. The van der Waals surface area contributed by atoms with E-state index < -0.39 is 5.54 Å². The molecule has 0 aromatic carbocycles. The normalized spacial score (nSPS) is 33.5. The van der Waals surface area contributed by atoms with E-state index in [2.05, 4.69) is 5.32 Å². The maximum Gasteiger partial charge on any atom is 0.237 e. The van der Waals surface area contributed by atoms with Crippen molar-refractivity contribution in [2.24, 2.45) is 5.73 Å². The second-order valence-electron chi connectivity index (χ2n) is 3.58. The molecule has 1 fully saturated rings. The number of hydrogen-bond donors (Lipinski definition) is 2. The highest BCUT2D eigenvalue weighted by Gasteiger charge is 2.43. The minimum absolute atomic E-state index is 0.173. The first-order valence-corrected chi connectivity index (χ1v) is 4.72. The van der Waals surface area contributed by atoms with Crippen LogP contribution in [-0.2, 0) is 9.53 Å². The van der Waals surface area contributed by atoms with Gasteiger partial charge < -0.3 is 15.8 Å². The van der Waals surface area contributed by atoms with Crippen molar-refractivity contribution in [1.82, 2.24) is 5.32 Å². The Morgan fingerprint density at radius 1 is 1.77 bits per heavy atom. The Hall–Kier alpha value is -0.610. The molecular weight excluding hydrogens is 168 g/mol. The molecule has 0 bridgehead atoms. The zero-order chi connectivity index (χ0) is 9.90. The van der Waals surface area contributed by atoms with Crippen LogP contribution < -0.4 is 11.1 Å². The molecule has 76 valence electrons. The van der Waals surface area contributed by atoms with Gasteiger partial charge in [-0.1, -0.05) is 6.92 Å². The number of likely N-dealkylation sites (N-methyl/N-ethyl adjacent to an activating group) is 1. The molecule has 0 aromatic heterocycles. The molecule has 0 spiro atoms. The van der Waals surface area contributed by atoms with E-state index in [1.54, 1.807) is 7.11 Å². The molecule has 0 aliphatic heterocycles. The van der Waals surface area contributed by atoms with Crippen LogP contribution in [0.5, 0.6) is 0 Å². The predicted molar refractivity (Wildman–Crippen MR) is 50.3 cm³/mol. The summed E-state index contributed by atoms with van der Waals surface area (Å²) in [6.07, 6.45) is 2.57. The van der Waals surface area contributed by atoms with Gasteiger partial charge in [-0.2, -0.15) is 0 Å². The number of rotatable bonds is 4. The van der Waals surface area contributed by atoms with Gasteiger partial charge in [0.1, 0.15) is 5.54 Å². The van der Waals surface area contributed by atoms with E-state index in [1.165, 1.54) is 0 Å². The number of carbonyl (C=O) groups excluding carboxylic acids is 1. The van der Waals surface area contributed by atoms with E-state index in [0.29, 0.717) is 6.42 Å². The molecule has 0 radical (unpaired) electrons. The number of methoxy groups -OCH3 is 1. The number of primary amides is 1. The van der Waals surface area contributed by atoms with E-state index in [1.807, 2.05) is 6.92 Å². The van der Waals surface area contributed by atoms with Crippen LogP contribution in [0, 0.1) is 0 Å².